The van der Waals surface area contributed by atoms with E-state index in [2.05, 4.69) is 27.2 Å². The maximum atomic E-state index is 5.31. The third kappa shape index (κ3) is 4.98. The fourth-order valence-corrected chi connectivity index (χ4v) is 3.82. The van der Waals surface area contributed by atoms with E-state index in [4.69, 9.17) is 14.3 Å². The van der Waals surface area contributed by atoms with E-state index in [9.17, 15) is 0 Å². The Morgan fingerprint density at radius 2 is 2.15 bits per heavy atom. The lowest BCUT2D eigenvalue weighted by molar-refractivity contribution is 0.0774. The van der Waals surface area contributed by atoms with Gasteiger partial charge in [0.1, 0.15) is 6.26 Å². The Kier molecular flexibility index (Phi) is 6.91. The Morgan fingerprint density at radius 3 is 2.73 bits per heavy atom. The van der Waals surface area contributed by atoms with Crippen LogP contribution in [0.3, 0.4) is 0 Å². The van der Waals surface area contributed by atoms with E-state index in [1.165, 1.54) is 19.3 Å². The van der Waals surface area contributed by atoms with Crippen LogP contribution in [0.25, 0.3) is 0 Å². The van der Waals surface area contributed by atoms with E-state index in [0.717, 1.165) is 70.5 Å². The summed E-state index contributed by atoms with van der Waals surface area (Å²) in [4.78, 5) is 9.83. The predicted molar refractivity (Wildman–Crippen MR) is 102 cm³/mol. The number of guanidine groups is 1. The Morgan fingerprint density at radius 1 is 1.35 bits per heavy atom. The smallest absolute Gasteiger partial charge is 0.194 e. The molecule has 0 spiro atoms. The molecule has 2 heterocycles. The molecule has 146 valence electrons. The number of aromatic nitrogens is 1. The van der Waals surface area contributed by atoms with Gasteiger partial charge in [0, 0.05) is 65.6 Å². The normalized spacial score (nSPS) is 20.8. The zero-order chi connectivity index (χ0) is 18.2. The lowest BCUT2D eigenvalue weighted by Crippen LogP contribution is -2.52. The number of nitrogens with zero attached hydrogens (tertiary/aromatic N) is 4. The largest absolute Gasteiger partial charge is 0.385 e. The first-order valence-electron chi connectivity index (χ1n) is 9.88. The predicted octanol–water partition coefficient (Wildman–Crippen LogP) is 1.96. The SMILES string of the molecule is CCNC(=NCC1(CCOC)CCC1)N1CCN(Cc2ccon2)CC1. The molecule has 1 saturated carbocycles. The summed E-state index contributed by atoms with van der Waals surface area (Å²) in [6.45, 7) is 9.69. The molecular formula is C19H33N5O2. The van der Waals surface area contributed by atoms with Crippen LogP contribution in [-0.2, 0) is 11.3 Å². The number of ether oxygens (including phenoxy) is 1. The van der Waals surface area contributed by atoms with Crippen LogP contribution in [0.15, 0.2) is 21.8 Å². The zero-order valence-corrected chi connectivity index (χ0v) is 16.2. The summed E-state index contributed by atoms with van der Waals surface area (Å²) >= 11 is 0. The standard InChI is InChI=1S/C19H33N5O2/c1-3-20-18(21-16-19(6-4-7-19)8-14-25-2)24-11-9-23(10-12-24)15-17-5-13-26-22-17/h5,13H,3-4,6-12,14-16H2,1-2H3,(H,20,21). The van der Waals surface area contributed by atoms with Gasteiger partial charge in [0.2, 0.25) is 0 Å². The van der Waals surface area contributed by atoms with Crippen LogP contribution >= 0.6 is 0 Å². The monoisotopic (exact) mass is 363 g/mol. The maximum Gasteiger partial charge on any atom is 0.194 e. The minimum absolute atomic E-state index is 0.367. The summed E-state index contributed by atoms with van der Waals surface area (Å²) in [6.07, 6.45) is 6.66. The number of hydrogen-bond donors (Lipinski definition) is 1. The van der Waals surface area contributed by atoms with E-state index in [0.29, 0.717) is 5.41 Å². The van der Waals surface area contributed by atoms with Crippen LogP contribution in [0.2, 0.25) is 0 Å². The molecule has 1 aromatic rings. The van der Waals surface area contributed by atoms with Crippen LogP contribution in [-0.4, -0.2) is 73.9 Å². The van der Waals surface area contributed by atoms with Crippen molar-refractivity contribution in [3.05, 3.63) is 18.0 Å². The second-order valence-corrected chi connectivity index (χ2v) is 7.52. The van der Waals surface area contributed by atoms with Crippen LogP contribution in [0.5, 0.6) is 0 Å². The first-order chi connectivity index (χ1) is 12.7. The summed E-state index contributed by atoms with van der Waals surface area (Å²) in [7, 11) is 1.79. The molecule has 1 N–H and O–H groups in total. The summed E-state index contributed by atoms with van der Waals surface area (Å²) in [6, 6.07) is 1.94. The Hall–Kier alpha value is -1.60. The molecule has 0 atom stereocenters. The molecule has 0 radical (unpaired) electrons. The van der Waals surface area contributed by atoms with Gasteiger partial charge in [-0.3, -0.25) is 9.89 Å². The second kappa shape index (κ2) is 9.37. The van der Waals surface area contributed by atoms with Crippen molar-refractivity contribution < 1.29 is 9.26 Å². The molecule has 0 amide bonds. The average molecular weight is 364 g/mol. The van der Waals surface area contributed by atoms with Gasteiger partial charge in [0.05, 0.1) is 5.69 Å². The second-order valence-electron chi connectivity index (χ2n) is 7.52. The van der Waals surface area contributed by atoms with Gasteiger partial charge in [-0.1, -0.05) is 11.6 Å². The molecule has 2 aliphatic rings. The van der Waals surface area contributed by atoms with Crippen molar-refractivity contribution in [3.8, 4) is 0 Å². The molecule has 0 aromatic carbocycles. The van der Waals surface area contributed by atoms with Crippen LogP contribution in [0.1, 0.15) is 38.3 Å². The van der Waals surface area contributed by atoms with Gasteiger partial charge in [-0.25, -0.2) is 0 Å². The molecule has 0 bridgehead atoms. The van der Waals surface area contributed by atoms with Gasteiger partial charge in [-0.15, -0.1) is 0 Å². The fourth-order valence-electron chi connectivity index (χ4n) is 3.82. The van der Waals surface area contributed by atoms with E-state index >= 15 is 0 Å². The molecular weight excluding hydrogens is 330 g/mol. The van der Waals surface area contributed by atoms with Gasteiger partial charge in [-0.2, -0.15) is 0 Å². The molecule has 7 nitrogen and oxygen atoms in total. The van der Waals surface area contributed by atoms with Crippen molar-refractivity contribution in [2.45, 2.75) is 39.2 Å². The fraction of sp³-hybridized carbons (Fsp3) is 0.789. The molecule has 0 unspecified atom stereocenters. The van der Waals surface area contributed by atoms with E-state index in [-0.39, 0.29) is 0 Å². The zero-order valence-electron chi connectivity index (χ0n) is 16.2. The lowest BCUT2D eigenvalue weighted by atomic mass is 9.67. The molecule has 7 heteroatoms. The van der Waals surface area contributed by atoms with Crippen molar-refractivity contribution in [2.75, 3.05) is 53.0 Å². The molecule has 2 fully saturated rings. The average Bonchev–Trinajstić information content (AvgIpc) is 3.13. The minimum Gasteiger partial charge on any atom is -0.385 e. The Bertz CT molecular complexity index is 548. The molecule has 1 aromatic heterocycles. The summed E-state index contributed by atoms with van der Waals surface area (Å²) < 4.78 is 10.2. The van der Waals surface area contributed by atoms with E-state index in [1.54, 1.807) is 13.4 Å². The Labute approximate surface area is 156 Å². The summed E-state index contributed by atoms with van der Waals surface area (Å²) in [5.74, 6) is 1.07. The third-order valence-corrected chi connectivity index (χ3v) is 5.70. The van der Waals surface area contributed by atoms with Crippen molar-refractivity contribution >= 4 is 5.96 Å². The van der Waals surface area contributed by atoms with Crippen molar-refractivity contribution in [1.82, 2.24) is 20.3 Å². The van der Waals surface area contributed by atoms with Crippen molar-refractivity contribution in [3.63, 3.8) is 0 Å². The molecule has 3 rings (SSSR count). The van der Waals surface area contributed by atoms with E-state index in [1.807, 2.05) is 6.07 Å². The maximum absolute atomic E-state index is 5.31. The van der Waals surface area contributed by atoms with Gasteiger partial charge in [-0.05, 0) is 31.6 Å². The van der Waals surface area contributed by atoms with Gasteiger partial charge < -0.3 is 19.5 Å². The van der Waals surface area contributed by atoms with E-state index < -0.39 is 0 Å². The first kappa shape index (κ1) is 19.2. The number of hydrogen-bond acceptors (Lipinski definition) is 5. The topological polar surface area (TPSA) is 66.1 Å². The number of aliphatic imine (C=N–C) groups is 1. The van der Waals surface area contributed by atoms with Crippen LogP contribution in [0.4, 0.5) is 0 Å². The van der Waals surface area contributed by atoms with Crippen molar-refractivity contribution in [2.24, 2.45) is 10.4 Å². The molecule has 1 saturated heterocycles. The number of nitrogens with one attached hydrogen (secondary N) is 1. The highest BCUT2D eigenvalue weighted by molar-refractivity contribution is 5.80. The van der Waals surface area contributed by atoms with Gasteiger partial charge in [0.15, 0.2) is 5.96 Å². The first-order valence-corrected chi connectivity index (χ1v) is 9.88. The van der Waals surface area contributed by atoms with Gasteiger partial charge >= 0.3 is 0 Å². The van der Waals surface area contributed by atoms with Crippen LogP contribution in [0, 0.1) is 5.41 Å². The van der Waals surface area contributed by atoms with Crippen LogP contribution < -0.4 is 5.32 Å². The molecule has 1 aliphatic heterocycles. The molecule has 26 heavy (non-hydrogen) atoms. The number of rotatable bonds is 8. The van der Waals surface area contributed by atoms with Gasteiger partial charge in [0.25, 0.3) is 0 Å². The highest BCUT2D eigenvalue weighted by Crippen LogP contribution is 2.44. The Balaban J connectivity index is 1.52. The lowest BCUT2D eigenvalue weighted by Gasteiger charge is -2.41. The van der Waals surface area contributed by atoms with Crippen molar-refractivity contribution in [1.29, 1.82) is 0 Å². The number of piperazine rings is 1. The third-order valence-electron chi connectivity index (χ3n) is 5.70. The highest BCUT2D eigenvalue weighted by atomic mass is 16.5. The summed E-state index contributed by atoms with van der Waals surface area (Å²) in [5, 5.41) is 7.50. The molecule has 1 aliphatic carbocycles. The minimum atomic E-state index is 0.367. The number of methoxy groups -OCH3 is 1. The summed E-state index contributed by atoms with van der Waals surface area (Å²) in [5.41, 5.74) is 1.37. The highest BCUT2D eigenvalue weighted by Gasteiger charge is 2.36. The quantitative estimate of drug-likeness (QED) is 0.563.